The lowest BCUT2D eigenvalue weighted by molar-refractivity contribution is -0.0685. The molecule has 0 saturated carbocycles. The second kappa shape index (κ2) is 4.73. The molecule has 0 aliphatic carbocycles. The summed E-state index contributed by atoms with van der Waals surface area (Å²) in [6, 6.07) is 0. The standard InChI is InChI=1S/C12H22O4/c1-7(2)15-10-9(14)8(6-13)16-11(10)12(3,4)5/h8-11,13-14H,1,6H2,2-5H3/t8-,9+,10?,11-/m1/s1. The quantitative estimate of drug-likeness (QED) is 0.712. The van der Waals surface area contributed by atoms with Gasteiger partial charge >= 0.3 is 0 Å². The first-order valence-electron chi connectivity index (χ1n) is 5.54. The van der Waals surface area contributed by atoms with Gasteiger partial charge < -0.3 is 19.7 Å². The molecule has 0 amide bonds. The Morgan fingerprint density at radius 1 is 1.44 bits per heavy atom. The zero-order valence-electron chi connectivity index (χ0n) is 10.4. The van der Waals surface area contributed by atoms with Crippen LogP contribution in [0.3, 0.4) is 0 Å². The number of ether oxygens (including phenoxy) is 2. The molecule has 2 N–H and O–H groups in total. The van der Waals surface area contributed by atoms with Crippen molar-refractivity contribution < 1.29 is 19.7 Å². The number of hydrogen-bond acceptors (Lipinski definition) is 4. The monoisotopic (exact) mass is 230 g/mol. The number of allylic oxidation sites excluding steroid dienone is 1. The molecule has 4 nitrogen and oxygen atoms in total. The van der Waals surface area contributed by atoms with Gasteiger partial charge in [0.25, 0.3) is 0 Å². The Kier molecular flexibility index (Phi) is 3.99. The molecule has 4 heteroatoms. The predicted octanol–water partition coefficient (Wildman–Crippen LogP) is 1.07. The fourth-order valence-corrected chi connectivity index (χ4v) is 1.95. The molecule has 1 unspecified atom stereocenters. The second-order valence-corrected chi connectivity index (χ2v) is 5.42. The van der Waals surface area contributed by atoms with E-state index in [9.17, 15) is 5.11 Å². The van der Waals surface area contributed by atoms with Gasteiger partial charge in [-0.25, -0.2) is 0 Å². The van der Waals surface area contributed by atoms with Crippen LogP contribution in [0.4, 0.5) is 0 Å². The Labute approximate surface area is 96.9 Å². The van der Waals surface area contributed by atoms with Crippen LogP contribution in [-0.4, -0.2) is 41.2 Å². The Bertz CT molecular complexity index is 256. The summed E-state index contributed by atoms with van der Waals surface area (Å²) < 4.78 is 11.1. The van der Waals surface area contributed by atoms with E-state index in [2.05, 4.69) is 6.58 Å². The Morgan fingerprint density at radius 2 is 2.00 bits per heavy atom. The molecular formula is C12H22O4. The molecule has 0 bridgehead atoms. The molecule has 16 heavy (non-hydrogen) atoms. The molecule has 0 aromatic heterocycles. The summed E-state index contributed by atoms with van der Waals surface area (Å²) >= 11 is 0. The molecule has 1 rings (SSSR count). The number of hydrogen-bond donors (Lipinski definition) is 2. The third-order valence-corrected chi connectivity index (χ3v) is 2.71. The van der Waals surface area contributed by atoms with E-state index in [4.69, 9.17) is 14.6 Å². The third kappa shape index (κ3) is 2.75. The van der Waals surface area contributed by atoms with Gasteiger partial charge in [0, 0.05) is 0 Å². The highest BCUT2D eigenvalue weighted by Gasteiger charge is 2.49. The lowest BCUT2D eigenvalue weighted by atomic mass is 9.85. The summed E-state index contributed by atoms with van der Waals surface area (Å²) in [5.41, 5.74) is -0.162. The lowest BCUT2D eigenvalue weighted by Gasteiger charge is -2.31. The lowest BCUT2D eigenvalue weighted by Crippen LogP contribution is -2.41. The van der Waals surface area contributed by atoms with Crippen LogP contribution in [-0.2, 0) is 9.47 Å². The smallest absolute Gasteiger partial charge is 0.153 e. The first-order chi connectivity index (χ1) is 7.27. The Balaban J connectivity index is 2.85. The number of aliphatic hydroxyl groups is 2. The van der Waals surface area contributed by atoms with Crippen LogP contribution in [0.1, 0.15) is 27.7 Å². The van der Waals surface area contributed by atoms with E-state index >= 15 is 0 Å². The third-order valence-electron chi connectivity index (χ3n) is 2.71. The van der Waals surface area contributed by atoms with E-state index in [0.29, 0.717) is 5.76 Å². The molecule has 1 fully saturated rings. The fraction of sp³-hybridized carbons (Fsp3) is 0.833. The van der Waals surface area contributed by atoms with Crippen molar-refractivity contribution in [1.82, 2.24) is 0 Å². The maximum atomic E-state index is 9.98. The van der Waals surface area contributed by atoms with Crippen molar-refractivity contribution in [1.29, 1.82) is 0 Å². The summed E-state index contributed by atoms with van der Waals surface area (Å²) in [7, 11) is 0. The average Bonchev–Trinajstić information content (AvgIpc) is 2.42. The molecule has 1 aliphatic heterocycles. The SMILES string of the molecule is C=C(C)OC1[C@@H](O)[C@@H](CO)O[C@H]1C(C)(C)C. The highest BCUT2D eigenvalue weighted by molar-refractivity contribution is 4.98. The highest BCUT2D eigenvalue weighted by Crippen LogP contribution is 2.36. The van der Waals surface area contributed by atoms with Gasteiger partial charge in [-0.1, -0.05) is 27.4 Å². The minimum atomic E-state index is -0.814. The van der Waals surface area contributed by atoms with Crippen LogP contribution >= 0.6 is 0 Å². The molecule has 0 aromatic rings. The number of rotatable bonds is 3. The van der Waals surface area contributed by atoms with E-state index in [0.717, 1.165) is 0 Å². The largest absolute Gasteiger partial charge is 0.490 e. The molecule has 1 aliphatic rings. The van der Waals surface area contributed by atoms with Gasteiger partial charge in [0.05, 0.1) is 12.4 Å². The van der Waals surface area contributed by atoms with Gasteiger partial charge in [-0.2, -0.15) is 0 Å². The molecule has 0 aromatic carbocycles. The van der Waals surface area contributed by atoms with Crippen LogP contribution in [0.15, 0.2) is 12.3 Å². The molecule has 0 spiro atoms. The fourth-order valence-electron chi connectivity index (χ4n) is 1.95. The minimum Gasteiger partial charge on any atom is -0.490 e. The molecule has 1 saturated heterocycles. The van der Waals surface area contributed by atoms with Gasteiger partial charge in [0.1, 0.15) is 18.3 Å². The zero-order valence-corrected chi connectivity index (χ0v) is 10.4. The minimum absolute atomic E-state index is 0.162. The van der Waals surface area contributed by atoms with Gasteiger partial charge in [-0.15, -0.1) is 0 Å². The molecule has 94 valence electrons. The van der Waals surface area contributed by atoms with E-state index < -0.39 is 18.3 Å². The van der Waals surface area contributed by atoms with Gasteiger partial charge in [0.2, 0.25) is 0 Å². The molecular weight excluding hydrogens is 208 g/mol. The maximum Gasteiger partial charge on any atom is 0.153 e. The maximum absolute atomic E-state index is 9.98. The van der Waals surface area contributed by atoms with Gasteiger partial charge in [-0.05, 0) is 12.3 Å². The normalized spacial score (nSPS) is 35.1. The second-order valence-electron chi connectivity index (χ2n) is 5.42. The average molecular weight is 230 g/mol. The zero-order chi connectivity index (χ0) is 12.5. The Hall–Kier alpha value is -0.580. The molecule has 4 atom stereocenters. The first kappa shape index (κ1) is 13.5. The van der Waals surface area contributed by atoms with Crippen molar-refractivity contribution in [3.8, 4) is 0 Å². The summed E-state index contributed by atoms with van der Waals surface area (Å²) in [5.74, 6) is 0.542. The topological polar surface area (TPSA) is 58.9 Å². The van der Waals surface area contributed by atoms with Crippen molar-refractivity contribution in [2.24, 2.45) is 5.41 Å². The van der Waals surface area contributed by atoms with Crippen LogP contribution in [0.25, 0.3) is 0 Å². The predicted molar refractivity (Wildman–Crippen MR) is 60.9 cm³/mol. The van der Waals surface area contributed by atoms with Crippen molar-refractivity contribution in [3.63, 3.8) is 0 Å². The van der Waals surface area contributed by atoms with Crippen molar-refractivity contribution in [3.05, 3.63) is 12.3 Å². The van der Waals surface area contributed by atoms with E-state index in [1.54, 1.807) is 6.92 Å². The summed E-state index contributed by atoms with van der Waals surface area (Å²) in [4.78, 5) is 0. The number of aliphatic hydroxyl groups excluding tert-OH is 2. The van der Waals surface area contributed by atoms with Crippen molar-refractivity contribution in [2.45, 2.75) is 52.1 Å². The molecule has 0 radical (unpaired) electrons. The van der Waals surface area contributed by atoms with Crippen LogP contribution < -0.4 is 0 Å². The Morgan fingerprint density at radius 3 is 2.38 bits per heavy atom. The summed E-state index contributed by atoms with van der Waals surface area (Å²) in [5, 5.41) is 19.1. The van der Waals surface area contributed by atoms with E-state index in [1.807, 2.05) is 20.8 Å². The van der Waals surface area contributed by atoms with Crippen LogP contribution in [0.5, 0.6) is 0 Å². The van der Waals surface area contributed by atoms with E-state index in [1.165, 1.54) is 0 Å². The highest BCUT2D eigenvalue weighted by atomic mass is 16.6. The van der Waals surface area contributed by atoms with E-state index in [-0.39, 0.29) is 18.1 Å². The van der Waals surface area contributed by atoms with Crippen molar-refractivity contribution >= 4 is 0 Å². The van der Waals surface area contributed by atoms with Crippen LogP contribution in [0.2, 0.25) is 0 Å². The summed E-state index contributed by atoms with van der Waals surface area (Å²) in [6.45, 7) is 11.2. The van der Waals surface area contributed by atoms with Gasteiger partial charge in [0.15, 0.2) is 6.10 Å². The van der Waals surface area contributed by atoms with Crippen LogP contribution in [0, 0.1) is 5.41 Å². The molecule has 1 heterocycles. The summed E-state index contributed by atoms with van der Waals surface area (Å²) in [6.07, 6.45) is -2.11. The van der Waals surface area contributed by atoms with Gasteiger partial charge in [-0.3, -0.25) is 0 Å². The first-order valence-corrected chi connectivity index (χ1v) is 5.54. The van der Waals surface area contributed by atoms with Crippen molar-refractivity contribution in [2.75, 3.05) is 6.61 Å².